The van der Waals surface area contributed by atoms with Crippen molar-refractivity contribution in [1.29, 1.82) is 0 Å². The minimum Gasteiger partial charge on any atom is -0.493 e. The molecule has 0 fully saturated rings. The maximum atomic E-state index is 12.8. The van der Waals surface area contributed by atoms with Crippen LogP contribution in [0.4, 0.5) is 13.2 Å². The van der Waals surface area contributed by atoms with Gasteiger partial charge in [-0.25, -0.2) is 9.78 Å². The largest absolute Gasteiger partial charge is 0.493 e. The van der Waals surface area contributed by atoms with E-state index in [4.69, 9.17) is 14.2 Å². The number of methoxy groups -OCH3 is 2. The highest BCUT2D eigenvalue weighted by molar-refractivity contribution is 7.13. The lowest BCUT2D eigenvalue weighted by Crippen LogP contribution is -2.09. The maximum absolute atomic E-state index is 12.8. The zero-order valence-corrected chi connectivity index (χ0v) is 16.3. The van der Waals surface area contributed by atoms with Crippen molar-refractivity contribution in [3.63, 3.8) is 0 Å². The van der Waals surface area contributed by atoms with E-state index in [1.165, 1.54) is 31.6 Å². The Hall–Kier alpha value is -3.07. The third-order valence-electron chi connectivity index (χ3n) is 3.96. The van der Waals surface area contributed by atoms with Crippen LogP contribution in [0.5, 0.6) is 11.5 Å². The number of aromatic nitrogens is 1. The minimum absolute atomic E-state index is 0.154. The number of ether oxygens (including phenoxy) is 3. The summed E-state index contributed by atoms with van der Waals surface area (Å²) >= 11 is 1.34. The van der Waals surface area contributed by atoms with E-state index in [-0.39, 0.29) is 12.2 Å². The molecule has 0 N–H and O–H groups in total. The molecule has 0 aliphatic carbocycles. The number of hydrogen-bond acceptors (Lipinski definition) is 6. The predicted octanol–water partition coefficient (Wildman–Crippen LogP) is 5.20. The van der Waals surface area contributed by atoms with Crippen LogP contribution in [0.1, 0.15) is 21.6 Å². The Labute approximate surface area is 168 Å². The van der Waals surface area contributed by atoms with Crippen molar-refractivity contribution in [1.82, 2.24) is 4.98 Å². The molecule has 0 spiro atoms. The van der Waals surface area contributed by atoms with Crippen molar-refractivity contribution in [2.75, 3.05) is 14.2 Å². The second kappa shape index (κ2) is 8.52. The first-order valence-electron chi connectivity index (χ1n) is 8.33. The maximum Gasteiger partial charge on any atom is 0.416 e. The smallest absolute Gasteiger partial charge is 0.416 e. The Morgan fingerprint density at radius 2 is 1.83 bits per heavy atom. The molecule has 152 valence electrons. The molecule has 1 aromatic heterocycles. The number of hydrogen-bond donors (Lipinski definition) is 0. The van der Waals surface area contributed by atoms with Crippen LogP contribution in [0.25, 0.3) is 10.6 Å². The van der Waals surface area contributed by atoms with Crippen LogP contribution >= 0.6 is 11.3 Å². The van der Waals surface area contributed by atoms with Gasteiger partial charge in [0.1, 0.15) is 11.6 Å². The third-order valence-corrected chi connectivity index (χ3v) is 4.90. The summed E-state index contributed by atoms with van der Waals surface area (Å²) in [6.07, 6.45) is -4.53. The summed E-state index contributed by atoms with van der Waals surface area (Å²) in [6, 6.07) is 9.44. The van der Waals surface area contributed by atoms with E-state index in [1.54, 1.807) is 17.5 Å². The van der Waals surface area contributed by atoms with Crippen LogP contribution in [0.15, 0.2) is 47.8 Å². The molecular formula is C20H16F3NO4S. The van der Waals surface area contributed by atoms with Gasteiger partial charge in [0.15, 0.2) is 11.5 Å². The molecular weight excluding hydrogens is 407 g/mol. The van der Waals surface area contributed by atoms with E-state index in [2.05, 4.69) is 4.98 Å². The molecule has 0 radical (unpaired) electrons. The van der Waals surface area contributed by atoms with Gasteiger partial charge in [-0.1, -0.05) is 6.07 Å². The minimum atomic E-state index is -4.53. The van der Waals surface area contributed by atoms with Gasteiger partial charge in [-0.15, -0.1) is 11.3 Å². The quantitative estimate of drug-likeness (QED) is 0.510. The van der Waals surface area contributed by atoms with E-state index in [9.17, 15) is 18.0 Å². The molecule has 0 atom stereocenters. The van der Waals surface area contributed by atoms with Gasteiger partial charge in [-0.3, -0.25) is 0 Å². The first kappa shape index (κ1) is 20.7. The van der Waals surface area contributed by atoms with Gasteiger partial charge in [0, 0.05) is 10.9 Å². The normalized spacial score (nSPS) is 11.2. The molecule has 3 aromatic rings. The number of benzene rings is 2. The number of alkyl halides is 3. The van der Waals surface area contributed by atoms with Gasteiger partial charge in [0.05, 0.1) is 31.0 Å². The summed E-state index contributed by atoms with van der Waals surface area (Å²) in [5, 5.41) is 2.39. The summed E-state index contributed by atoms with van der Waals surface area (Å²) in [5.41, 5.74) is 0.203. The summed E-state index contributed by atoms with van der Waals surface area (Å²) in [6.45, 7) is -0.154. The van der Waals surface area contributed by atoms with E-state index >= 15 is 0 Å². The Bertz CT molecular complexity index is 1020. The molecule has 0 unspecified atom stereocenters. The lowest BCUT2D eigenvalue weighted by Gasteiger charge is -2.08. The standard InChI is InChI=1S/C20H16F3NO4S/c1-26-16-7-6-12(9-17(16)27-2)18-24-15(11-29-18)10-28-19(25)13-4-3-5-14(8-13)20(21,22)23/h3-9,11H,10H2,1-2H3. The Morgan fingerprint density at radius 1 is 1.07 bits per heavy atom. The van der Waals surface area contributed by atoms with Crippen LogP contribution in [0, 0.1) is 0 Å². The number of thiazole rings is 1. The fourth-order valence-electron chi connectivity index (χ4n) is 2.52. The summed E-state index contributed by atoms with van der Waals surface area (Å²) in [5.74, 6) is 0.289. The SMILES string of the molecule is COc1ccc(-c2nc(COC(=O)c3cccc(C(F)(F)F)c3)cs2)cc1OC. The molecule has 0 amide bonds. The number of nitrogens with zero attached hydrogens (tertiary/aromatic N) is 1. The Morgan fingerprint density at radius 3 is 2.52 bits per heavy atom. The predicted molar refractivity (Wildman–Crippen MR) is 101 cm³/mol. The highest BCUT2D eigenvalue weighted by Gasteiger charge is 2.31. The van der Waals surface area contributed by atoms with Crippen molar-refractivity contribution in [3.8, 4) is 22.1 Å². The molecule has 0 saturated heterocycles. The zero-order chi connectivity index (χ0) is 21.0. The third kappa shape index (κ3) is 4.86. The highest BCUT2D eigenvalue weighted by Crippen LogP contribution is 2.34. The van der Waals surface area contributed by atoms with Crippen LogP contribution in [0.3, 0.4) is 0 Å². The van der Waals surface area contributed by atoms with Gasteiger partial charge in [-0.05, 0) is 36.4 Å². The van der Waals surface area contributed by atoms with Crippen LogP contribution in [-0.2, 0) is 17.5 Å². The molecule has 0 aliphatic rings. The number of carbonyl (C=O) groups is 1. The second-order valence-corrected chi connectivity index (χ2v) is 6.73. The average molecular weight is 423 g/mol. The van der Waals surface area contributed by atoms with Crippen LogP contribution in [-0.4, -0.2) is 25.2 Å². The number of carbonyl (C=O) groups excluding carboxylic acids is 1. The van der Waals surface area contributed by atoms with Gasteiger partial charge in [0.25, 0.3) is 0 Å². The van der Waals surface area contributed by atoms with Crippen LogP contribution in [0.2, 0.25) is 0 Å². The summed E-state index contributed by atoms with van der Waals surface area (Å²) in [7, 11) is 3.07. The fraction of sp³-hybridized carbons (Fsp3) is 0.200. The number of halogens is 3. The van der Waals surface area contributed by atoms with Crippen molar-refractivity contribution in [2.24, 2.45) is 0 Å². The van der Waals surface area contributed by atoms with Gasteiger partial charge >= 0.3 is 12.1 Å². The van der Waals surface area contributed by atoms with Gasteiger partial charge < -0.3 is 14.2 Å². The number of esters is 1. The molecule has 3 rings (SSSR count). The number of rotatable bonds is 6. The summed E-state index contributed by atoms with van der Waals surface area (Å²) in [4.78, 5) is 16.5. The lowest BCUT2D eigenvalue weighted by molar-refractivity contribution is -0.137. The van der Waals surface area contributed by atoms with Crippen molar-refractivity contribution in [3.05, 3.63) is 64.7 Å². The molecule has 29 heavy (non-hydrogen) atoms. The second-order valence-electron chi connectivity index (χ2n) is 5.87. The zero-order valence-electron chi connectivity index (χ0n) is 15.4. The highest BCUT2D eigenvalue weighted by atomic mass is 32.1. The van der Waals surface area contributed by atoms with E-state index in [0.717, 1.165) is 23.8 Å². The Kier molecular flexibility index (Phi) is 6.07. The first-order chi connectivity index (χ1) is 13.8. The molecule has 0 bridgehead atoms. The van der Waals surface area contributed by atoms with Crippen molar-refractivity contribution in [2.45, 2.75) is 12.8 Å². The van der Waals surface area contributed by atoms with Gasteiger partial charge in [-0.2, -0.15) is 13.2 Å². The topological polar surface area (TPSA) is 57.7 Å². The lowest BCUT2D eigenvalue weighted by atomic mass is 10.1. The van der Waals surface area contributed by atoms with Crippen LogP contribution < -0.4 is 9.47 Å². The summed E-state index contributed by atoms with van der Waals surface area (Å²) < 4.78 is 53.9. The van der Waals surface area contributed by atoms with E-state index < -0.39 is 17.7 Å². The average Bonchev–Trinajstić information content (AvgIpc) is 3.20. The molecule has 5 nitrogen and oxygen atoms in total. The van der Waals surface area contributed by atoms with Gasteiger partial charge in [0.2, 0.25) is 0 Å². The van der Waals surface area contributed by atoms with Crippen molar-refractivity contribution < 1.29 is 32.2 Å². The fourth-order valence-corrected chi connectivity index (χ4v) is 3.32. The molecule has 0 saturated carbocycles. The molecule has 0 aliphatic heterocycles. The monoisotopic (exact) mass is 423 g/mol. The molecule has 1 heterocycles. The van der Waals surface area contributed by atoms with E-state index in [0.29, 0.717) is 22.2 Å². The van der Waals surface area contributed by atoms with E-state index in [1.807, 2.05) is 6.07 Å². The van der Waals surface area contributed by atoms with Crippen molar-refractivity contribution >= 4 is 17.3 Å². The molecule has 2 aromatic carbocycles. The Balaban J connectivity index is 1.69. The molecule has 9 heteroatoms. The first-order valence-corrected chi connectivity index (χ1v) is 9.21.